The Hall–Kier alpha value is -3.46. The van der Waals surface area contributed by atoms with E-state index in [2.05, 4.69) is 26.8 Å². The first kappa shape index (κ1) is 21.3. The molecule has 0 saturated carbocycles. The predicted molar refractivity (Wildman–Crippen MR) is 115 cm³/mol. The van der Waals surface area contributed by atoms with Gasteiger partial charge >= 0.3 is 0 Å². The fraction of sp³-hybridized carbons (Fsp3) is 0.143. The number of rotatable bonds is 6. The van der Waals surface area contributed by atoms with Crippen molar-refractivity contribution in [3.8, 4) is 5.75 Å². The molecule has 0 saturated heterocycles. The number of hydrazine groups is 1. The number of carbonyl (C=O) groups excluding carboxylic acids is 2. The molecule has 0 aromatic heterocycles. The van der Waals surface area contributed by atoms with Crippen molar-refractivity contribution in [3.05, 3.63) is 80.3 Å². The summed E-state index contributed by atoms with van der Waals surface area (Å²) in [4.78, 5) is 34.6. The van der Waals surface area contributed by atoms with Crippen molar-refractivity contribution in [2.45, 2.75) is 12.8 Å². The predicted octanol–water partition coefficient (Wildman–Crippen LogP) is 3.45. The van der Waals surface area contributed by atoms with E-state index in [4.69, 9.17) is 4.74 Å². The minimum Gasteiger partial charge on any atom is -0.496 e. The molecule has 0 fully saturated rings. The Kier molecular flexibility index (Phi) is 6.63. The molecule has 154 valence electrons. The summed E-state index contributed by atoms with van der Waals surface area (Å²) in [5.74, 6) is -0.260. The number of fused-ring (bicyclic) bond motifs is 1. The standard InChI is InChI=1S/C21H18BrN3O5/c1-30-19-9-4-14-11-15(22)5-8-17(14)18(19)12-21(27)24-23-20(26)10-13-2-6-16(7-3-13)25(28)29/h2-9,11H,10,12H2,1H3,(H,23,26)(H,24,27). The van der Waals surface area contributed by atoms with Crippen LogP contribution >= 0.6 is 15.9 Å². The summed E-state index contributed by atoms with van der Waals surface area (Å²) in [6.45, 7) is 0. The quantitative estimate of drug-likeness (QED) is 0.422. The second-order valence-electron chi connectivity index (χ2n) is 6.49. The van der Waals surface area contributed by atoms with Gasteiger partial charge in [-0.3, -0.25) is 30.6 Å². The number of hydrogen-bond donors (Lipinski definition) is 2. The lowest BCUT2D eigenvalue weighted by Gasteiger charge is -2.13. The van der Waals surface area contributed by atoms with Crippen LogP contribution in [0.5, 0.6) is 5.75 Å². The first-order valence-electron chi connectivity index (χ1n) is 8.93. The van der Waals surface area contributed by atoms with Crippen LogP contribution in [0.2, 0.25) is 0 Å². The first-order chi connectivity index (χ1) is 14.4. The summed E-state index contributed by atoms with van der Waals surface area (Å²) in [6.07, 6.45) is -0.0101. The molecule has 3 aromatic carbocycles. The molecule has 0 aliphatic carbocycles. The van der Waals surface area contributed by atoms with Gasteiger partial charge in [0.05, 0.1) is 24.9 Å². The number of nitrogens with zero attached hydrogens (tertiary/aromatic N) is 1. The van der Waals surface area contributed by atoms with E-state index in [1.807, 2.05) is 24.3 Å². The third-order valence-electron chi connectivity index (χ3n) is 4.46. The van der Waals surface area contributed by atoms with E-state index >= 15 is 0 Å². The van der Waals surface area contributed by atoms with E-state index in [1.54, 1.807) is 6.07 Å². The zero-order valence-corrected chi connectivity index (χ0v) is 17.6. The second kappa shape index (κ2) is 9.36. The summed E-state index contributed by atoms with van der Waals surface area (Å²) in [6, 6.07) is 15.1. The number of halogens is 1. The molecule has 9 heteroatoms. The highest BCUT2D eigenvalue weighted by molar-refractivity contribution is 9.10. The number of nitrogens with one attached hydrogen (secondary N) is 2. The second-order valence-corrected chi connectivity index (χ2v) is 7.40. The molecule has 30 heavy (non-hydrogen) atoms. The maximum Gasteiger partial charge on any atom is 0.269 e. The van der Waals surface area contributed by atoms with Gasteiger partial charge in [-0.25, -0.2) is 0 Å². The van der Waals surface area contributed by atoms with E-state index in [9.17, 15) is 19.7 Å². The molecule has 2 N–H and O–H groups in total. The molecule has 0 radical (unpaired) electrons. The molecular formula is C21H18BrN3O5. The molecular weight excluding hydrogens is 454 g/mol. The molecule has 0 bridgehead atoms. The van der Waals surface area contributed by atoms with Gasteiger partial charge in [0.15, 0.2) is 0 Å². The first-order valence-corrected chi connectivity index (χ1v) is 9.73. The lowest BCUT2D eigenvalue weighted by atomic mass is 10.0. The van der Waals surface area contributed by atoms with Crippen molar-refractivity contribution in [1.29, 1.82) is 0 Å². The normalized spacial score (nSPS) is 10.5. The minimum absolute atomic E-state index is 0.0138. The van der Waals surface area contributed by atoms with Gasteiger partial charge in [-0.05, 0) is 34.5 Å². The van der Waals surface area contributed by atoms with Gasteiger partial charge in [0.1, 0.15) is 5.75 Å². The molecule has 0 atom stereocenters. The fourth-order valence-corrected chi connectivity index (χ4v) is 3.41. The number of hydrogen-bond acceptors (Lipinski definition) is 5. The van der Waals surface area contributed by atoms with Crippen LogP contribution in [-0.4, -0.2) is 23.8 Å². The SMILES string of the molecule is COc1ccc2cc(Br)ccc2c1CC(=O)NNC(=O)Cc1ccc([N+](=O)[O-])cc1. The largest absolute Gasteiger partial charge is 0.496 e. The molecule has 3 aromatic rings. The van der Waals surface area contributed by atoms with E-state index < -0.39 is 16.7 Å². The molecule has 0 unspecified atom stereocenters. The number of methoxy groups -OCH3 is 1. The fourth-order valence-electron chi connectivity index (χ4n) is 3.03. The zero-order chi connectivity index (χ0) is 21.7. The summed E-state index contributed by atoms with van der Waals surface area (Å²) in [5, 5.41) is 12.5. The molecule has 3 rings (SSSR count). The van der Waals surface area contributed by atoms with Crippen LogP contribution in [0, 0.1) is 10.1 Å². The average molecular weight is 472 g/mol. The maximum absolute atomic E-state index is 12.4. The Bertz CT molecular complexity index is 1120. The molecule has 0 spiro atoms. The summed E-state index contributed by atoms with van der Waals surface area (Å²) >= 11 is 3.43. The topological polar surface area (TPSA) is 111 Å². The molecule has 2 amide bonds. The van der Waals surface area contributed by atoms with Crippen LogP contribution in [0.1, 0.15) is 11.1 Å². The van der Waals surface area contributed by atoms with Gasteiger partial charge in [-0.1, -0.05) is 40.2 Å². The van der Waals surface area contributed by atoms with E-state index in [0.29, 0.717) is 16.9 Å². The summed E-state index contributed by atoms with van der Waals surface area (Å²) in [5.41, 5.74) is 6.01. The van der Waals surface area contributed by atoms with Crippen LogP contribution in [0.15, 0.2) is 59.1 Å². The van der Waals surface area contributed by atoms with Crippen LogP contribution in [0.4, 0.5) is 5.69 Å². The summed E-state index contributed by atoms with van der Waals surface area (Å²) in [7, 11) is 1.54. The Morgan fingerprint density at radius 3 is 2.30 bits per heavy atom. The van der Waals surface area contributed by atoms with Gasteiger partial charge in [0.2, 0.25) is 11.8 Å². The highest BCUT2D eigenvalue weighted by Crippen LogP contribution is 2.30. The number of ether oxygens (including phenoxy) is 1. The van der Waals surface area contributed by atoms with E-state index in [1.165, 1.54) is 31.4 Å². The smallest absolute Gasteiger partial charge is 0.269 e. The number of nitro groups is 1. The van der Waals surface area contributed by atoms with Gasteiger partial charge < -0.3 is 4.74 Å². The van der Waals surface area contributed by atoms with E-state index in [-0.39, 0.29) is 18.5 Å². The van der Waals surface area contributed by atoms with Gasteiger partial charge in [-0.2, -0.15) is 0 Å². The minimum atomic E-state index is -0.510. The van der Waals surface area contributed by atoms with Crippen molar-refractivity contribution in [1.82, 2.24) is 10.9 Å². The Labute approximate surface area is 180 Å². The van der Waals surface area contributed by atoms with Crippen molar-refractivity contribution >= 4 is 44.2 Å². The van der Waals surface area contributed by atoms with Crippen molar-refractivity contribution in [2.75, 3.05) is 7.11 Å². The average Bonchev–Trinajstić information content (AvgIpc) is 2.72. The van der Waals surface area contributed by atoms with Crippen molar-refractivity contribution < 1.29 is 19.2 Å². The number of carbonyl (C=O) groups is 2. The zero-order valence-electron chi connectivity index (χ0n) is 16.0. The lowest BCUT2D eigenvalue weighted by molar-refractivity contribution is -0.384. The molecule has 0 heterocycles. The lowest BCUT2D eigenvalue weighted by Crippen LogP contribution is -2.43. The van der Waals surface area contributed by atoms with Gasteiger partial charge in [0, 0.05) is 22.2 Å². The van der Waals surface area contributed by atoms with Crippen molar-refractivity contribution in [3.63, 3.8) is 0 Å². The summed E-state index contributed by atoms with van der Waals surface area (Å²) < 4.78 is 6.31. The number of nitro benzene ring substituents is 1. The highest BCUT2D eigenvalue weighted by atomic mass is 79.9. The van der Waals surface area contributed by atoms with E-state index in [0.717, 1.165) is 15.2 Å². The number of benzene rings is 3. The number of non-ortho nitro benzene ring substituents is 1. The third-order valence-corrected chi connectivity index (χ3v) is 4.95. The van der Waals surface area contributed by atoms with Crippen LogP contribution in [0.3, 0.4) is 0 Å². The van der Waals surface area contributed by atoms with Crippen LogP contribution in [-0.2, 0) is 22.4 Å². The van der Waals surface area contributed by atoms with Crippen molar-refractivity contribution in [2.24, 2.45) is 0 Å². The monoisotopic (exact) mass is 471 g/mol. The third kappa shape index (κ3) is 5.12. The highest BCUT2D eigenvalue weighted by Gasteiger charge is 2.14. The Balaban J connectivity index is 1.63. The maximum atomic E-state index is 12.4. The Morgan fingerprint density at radius 1 is 1.00 bits per heavy atom. The van der Waals surface area contributed by atoms with Gasteiger partial charge in [-0.15, -0.1) is 0 Å². The van der Waals surface area contributed by atoms with Crippen LogP contribution in [0.25, 0.3) is 10.8 Å². The molecule has 0 aliphatic heterocycles. The molecule has 0 aliphatic rings. The van der Waals surface area contributed by atoms with Crippen LogP contribution < -0.4 is 15.6 Å². The van der Waals surface area contributed by atoms with Gasteiger partial charge in [0.25, 0.3) is 5.69 Å². The number of amides is 2. The Morgan fingerprint density at radius 2 is 1.67 bits per heavy atom. The molecule has 8 nitrogen and oxygen atoms in total.